The highest BCUT2D eigenvalue weighted by molar-refractivity contribution is 8.14. The minimum atomic E-state index is -0.849. The maximum Gasteiger partial charge on any atom is 0.320 e. The van der Waals surface area contributed by atoms with Crippen LogP contribution in [0.5, 0.6) is 0 Å². The predicted molar refractivity (Wildman–Crippen MR) is 129 cm³/mol. The van der Waals surface area contributed by atoms with Crippen molar-refractivity contribution in [3.05, 3.63) is 45.5 Å². The first-order chi connectivity index (χ1) is 17.5. The number of carbonyl (C=O) groups excluding carboxylic acids is 2. The van der Waals surface area contributed by atoms with E-state index < -0.39 is 29.5 Å². The average Bonchev–Trinajstić information content (AvgIpc) is 3.45. The molecule has 3 aliphatic rings. The van der Waals surface area contributed by atoms with Crippen LogP contribution in [-0.4, -0.2) is 90.7 Å². The van der Waals surface area contributed by atoms with Crippen molar-refractivity contribution in [2.45, 2.75) is 55.9 Å². The third kappa shape index (κ3) is 6.74. The van der Waals surface area contributed by atoms with Crippen LogP contribution in [0.3, 0.4) is 0 Å². The molecule has 0 aliphatic carbocycles. The van der Waals surface area contributed by atoms with E-state index >= 15 is 0 Å². The molecule has 0 radical (unpaired) electrons. The zero-order chi connectivity index (χ0) is 25.5. The summed E-state index contributed by atoms with van der Waals surface area (Å²) in [6.45, 7) is 5.06. The summed E-state index contributed by atoms with van der Waals surface area (Å²) in [7, 11) is 0. The average molecular weight is 525 g/mol. The fourth-order valence-electron chi connectivity index (χ4n) is 4.70. The van der Waals surface area contributed by atoms with Gasteiger partial charge in [0.2, 0.25) is 5.12 Å². The summed E-state index contributed by atoms with van der Waals surface area (Å²) in [5.74, 6) is -0.323. The predicted octanol–water partition coefficient (Wildman–Crippen LogP) is 2.41. The highest BCUT2D eigenvalue weighted by Gasteiger charge is 2.50. The van der Waals surface area contributed by atoms with Crippen molar-refractivity contribution < 1.29 is 38.5 Å². The summed E-state index contributed by atoms with van der Waals surface area (Å²) in [5.41, 5.74) is 1.15. The fraction of sp³-hybridized carbons (Fsp3) is 0.667. The summed E-state index contributed by atoms with van der Waals surface area (Å²) < 4.78 is 22.6. The minimum absolute atomic E-state index is 0.0380. The van der Waals surface area contributed by atoms with Crippen LogP contribution < -0.4 is 0 Å². The van der Waals surface area contributed by atoms with Gasteiger partial charge in [0, 0.05) is 24.2 Å². The Morgan fingerprint density at radius 1 is 1.19 bits per heavy atom. The summed E-state index contributed by atoms with van der Waals surface area (Å²) in [6, 6.07) is 7.18. The maximum absolute atomic E-state index is 13.4. The van der Waals surface area contributed by atoms with Crippen LogP contribution in [0, 0.1) is 10.1 Å². The van der Waals surface area contributed by atoms with Crippen molar-refractivity contribution in [3.63, 3.8) is 0 Å². The Morgan fingerprint density at radius 2 is 1.94 bits per heavy atom. The van der Waals surface area contributed by atoms with Crippen molar-refractivity contribution in [1.29, 1.82) is 0 Å². The monoisotopic (exact) mass is 524 g/mol. The Bertz CT molecular complexity index is 927. The van der Waals surface area contributed by atoms with Crippen molar-refractivity contribution >= 4 is 22.8 Å². The van der Waals surface area contributed by atoms with Gasteiger partial charge in [-0.1, -0.05) is 49.4 Å². The van der Waals surface area contributed by atoms with E-state index in [1.54, 1.807) is 12.1 Å². The van der Waals surface area contributed by atoms with E-state index in [-0.39, 0.29) is 36.1 Å². The van der Waals surface area contributed by atoms with E-state index in [0.717, 1.165) is 24.6 Å². The molecule has 3 aliphatic heterocycles. The number of morpholine rings is 1. The second-order valence-corrected chi connectivity index (χ2v) is 10.2. The molecule has 2 unspecified atom stereocenters. The van der Waals surface area contributed by atoms with E-state index in [1.165, 1.54) is 0 Å². The third-order valence-electron chi connectivity index (χ3n) is 6.52. The van der Waals surface area contributed by atoms with Crippen LogP contribution >= 0.6 is 11.8 Å². The zero-order valence-electron chi connectivity index (χ0n) is 20.2. The standard InChI is InChI=1S/C24H32N2O9S/c1-2-3-8-18(34-21(27)13-25-9-11-31-12-10-25)16-6-4-5-7-17(16)24(28)36-20-15-33-22-19(35-26(29)30)14-32-23(20)22/h4-7,18-20,22-23H,2-3,8-15H2,1H3/t18?,19-,20?,22-,23-/m1/s1. The fourth-order valence-corrected chi connectivity index (χ4v) is 5.80. The molecule has 198 valence electrons. The van der Waals surface area contributed by atoms with Crippen molar-refractivity contribution in [1.82, 2.24) is 4.90 Å². The normalized spacial score (nSPS) is 26.8. The lowest BCUT2D eigenvalue weighted by molar-refractivity contribution is -0.769. The molecule has 0 N–H and O–H groups in total. The first-order valence-electron chi connectivity index (χ1n) is 12.3. The van der Waals surface area contributed by atoms with Gasteiger partial charge in [0.05, 0.1) is 38.2 Å². The number of carbonyl (C=O) groups is 2. The van der Waals surface area contributed by atoms with Gasteiger partial charge in [-0.25, -0.2) is 0 Å². The molecule has 12 heteroatoms. The first-order valence-corrected chi connectivity index (χ1v) is 13.2. The van der Waals surface area contributed by atoms with Crippen molar-refractivity contribution in [3.8, 4) is 0 Å². The summed E-state index contributed by atoms with van der Waals surface area (Å²) >= 11 is 1.08. The second kappa shape index (κ2) is 12.8. The molecule has 0 aromatic heterocycles. The molecular weight excluding hydrogens is 492 g/mol. The van der Waals surface area contributed by atoms with Gasteiger partial charge < -0.3 is 23.8 Å². The summed E-state index contributed by atoms with van der Waals surface area (Å²) in [5, 5.41) is 9.36. The second-order valence-electron chi connectivity index (χ2n) is 9.00. The molecule has 1 aromatic rings. The van der Waals surface area contributed by atoms with Crippen molar-refractivity contribution in [2.24, 2.45) is 0 Å². The van der Waals surface area contributed by atoms with Gasteiger partial charge in [0.1, 0.15) is 18.3 Å². The number of unbranched alkanes of at least 4 members (excludes halogenated alkanes) is 1. The number of benzene rings is 1. The van der Waals surface area contributed by atoms with Crippen molar-refractivity contribution in [2.75, 3.05) is 46.1 Å². The number of fused-ring (bicyclic) bond motifs is 1. The number of hydrogen-bond donors (Lipinski definition) is 0. The molecule has 3 saturated heterocycles. The lowest BCUT2D eigenvalue weighted by Gasteiger charge is -2.27. The third-order valence-corrected chi connectivity index (χ3v) is 7.66. The lowest BCUT2D eigenvalue weighted by atomic mass is 9.99. The minimum Gasteiger partial charge on any atom is -0.457 e. The Kier molecular flexibility index (Phi) is 9.54. The van der Waals surface area contributed by atoms with Gasteiger partial charge >= 0.3 is 5.97 Å². The molecule has 1 aromatic carbocycles. The Morgan fingerprint density at radius 3 is 2.69 bits per heavy atom. The molecule has 0 amide bonds. The van der Waals surface area contributed by atoms with Crippen LogP contribution in [0.25, 0.3) is 0 Å². The van der Waals surface area contributed by atoms with Crippen LogP contribution in [0.15, 0.2) is 24.3 Å². The molecule has 11 nitrogen and oxygen atoms in total. The van der Waals surface area contributed by atoms with E-state index in [9.17, 15) is 19.7 Å². The van der Waals surface area contributed by atoms with E-state index in [4.69, 9.17) is 18.9 Å². The molecule has 5 atom stereocenters. The largest absolute Gasteiger partial charge is 0.457 e. The maximum atomic E-state index is 13.4. The highest BCUT2D eigenvalue weighted by atomic mass is 32.2. The summed E-state index contributed by atoms with van der Waals surface area (Å²) in [6.07, 6.45) is -0.0184. The molecule has 0 bridgehead atoms. The quantitative estimate of drug-likeness (QED) is 0.241. The number of nitrogens with zero attached hydrogens (tertiary/aromatic N) is 2. The SMILES string of the molecule is CCCCC(OC(=O)CN1CCOCC1)c1ccccc1C(=O)SC1CO[C@H]2[C@@H]1OC[C@H]2O[N+](=O)[O-]. The topological polar surface area (TPSA) is 127 Å². The molecule has 3 heterocycles. The van der Waals surface area contributed by atoms with Crippen LogP contribution in [-0.2, 0) is 28.6 Å². The van der Waals surface area contributed by atoms with Crippen LogP contribution in [0.2, 0.25) is 0 Å². The number of rotatable bonds is 11. The zero-order valence-corrected chi connectivity index (χ0v) is 21.1. The van der Waals surface area contributed by atoms with Crippen LogP contribution in [0.1, 0.15) is 48.2 Å². The Hall–Kier alpha value is -2.25. The molecule has 3 fully saturated rings. The number of thioether (sulfide) groups is 1. The first kappa shape index (κ1) is 26.8. The number of esters is 1. The smallest absolute Gasteiger partial charge is 0.320 e. The summed E-state index contributed by atoms with van der Waals surface area (Å²) in [4.78, 5) is 43.5. The van der Waals surface area contributed by atoms with Crippen LogP contribution in [0.4, 0.5) is 0 Å². The van der Waals surface area contributed by atoms with Gasteiger partial charge in [-0.05, 0) is 12.8 Å². The van der Waals surface area contributed by atoms with Gasteiger partial charge in [-0.3, -0.25) is 14.5 Å². The Balaban J connectivity index is 1.43. The molecular formula is C24H32N2O9S. The van der Waals surface area contributed by atoms with E-state index in [2.05, 4.69) is 11.8 Å². The highest BCUT2D eigenvalue weighted by Crippen LogP contribution is 2.38. The molecule has 36 heavy (non-hydrogen) atoms. The van der Waals surface area contributed by atoms with Gasteiger partial charge in [-0.2, -0.15) is 0 Å². The van der Waals surface area contributed by atoms with Gasteiger partial charge in [0.15, 0.2) is 6.10 Å². The number of hydrogen-bond acceptors (Lipinski definition) is 11. The van der Waals surface area contributed by atoms with E-state index in [0.29, 0.717) is 43.9 Å². The lowest BCUT2D eigenvalue weighted by Crippen LogP contribution is -2.40. The Labute approximate surface area is 213 Å². The van der Waals surface area contributed by atoms with Gasteiger partial charge in [-0.15, -0.1) is 10.1 Å². The van der Waals surface area contributed by atoms with Gasteiger partial charge in [0.25, 0.3) is 5.09 Å². The molecule has 0 saturated carbocycles. The molecule has 4 rings (SSSR count). The molecule has 0 spiro atoms. The number of ether oxygens (including phenoxy) is 4. The van der Waals surface area contributed by atoms with E-state index in [1.807, 2.05) is 17.0 Å².